The third kappa shape index (κ3) is 3.04. The number of rotatable bonds is 2. The van der Waals surface area contributed by atoms with Crippen LogP contribution in [-0.2, 0) is 0 Å². The Balaban J connectivity index is 2.06. The van der Waals surface area contributed by atoms with Gasteiger partial charge in [0.25, 0.3) is 0 Å². The van der Waals surface area contributed by atoms with E-state index in [-0.39, 0.29) is 5.96 Å². The highest BCUT2D eigenvalue weighted by molar-refractivity contribution is 5.99. The average molecular weight is 309 g/mol. The number of aromatic nitrogens is 1. The fraction of sp³-hybridized carbons (Fsp3) is 0.389. The van der Waals surface area contributed by atoms with E-state index in [2.05, 4.69) is 35.1 Å². The first kappa shape index (κ1) is 15.5. The van der Waals surface area contributed by atoms with E-state index in [0.717, 1.165) is 30.6 Å². The molecular formula is C18H23N5. The number of piperidine rings is 1. The molecule has 1 aromatic heterocycles. The first-order chi connectivity index (χ1) is 11.1. The molecular weight excluding hydrogens is 286 g/mol. The van der Waals surface area contributed by atoms with Crippen LogP contribution in [0.5, 0.6) is 0 Å². The minimum Gasteiger partial charge on any atom is -0.370 e. The molecule has 0 radical (unpaired) electrons. The van der Waals surface area contributed by atoms with Crippen molar-refractivity contribution in [1.82, 2.24) is 9.88 Å². The molecule has 23 heavy (non-hydrogen) atoms. The Kier molecular flexibility index (Phi) is 4.28. The van der Waals surface area contributed by atoms with Gasteiger partial charge < -0.3 is 10.6 Å². The van der Waals surface area contributed by atoms with Crippen molar-refractivity contribution in [2.45, 2.75) is 19.3 Å². The highest BCUT2D eigenvalue weighted by atomic mass is 15.2. The molecule has 0 unspecified atom stereocenters. The maximum atomic E-state index is 7.76. The van der Waals surface area contributed by atoms with Crippen LogP contribution in [0.25, 0.3) is 10.9 Å². The largest absolute Gasteiger partial charge is 0.370 e. The summed E-state index contributed by atoms with van der Waals surface area (Å²) in [6.45, 7) is 3.88. The molecule has 1 saturated heterocycles. The number of nitrogens with zero attached hydrogens (tertiary/aromatic N) is 3. The van der Waals surface area contributed by atoms with Gasteiger partial charge in [-0.2, -0.15) is 0 Å². The van der Waals surface area contributed by atoms with E-state index in [4.69, 9.17) is 11.1 Å². The van der Waals surface area contributed by atoms with Gasteiger partial charge in [0.2, 0.25) is 0 Å². The molecule has 0 aliphatic carbocycles. The number of fused-ring (bicyclic) bond motifs is 1. The monoisotopic (exact) mass is 309 g/mol. The topological polar surface area (TPSA) is 78.4 Å². The van der Waals surface area contributed by atoms with E-state index in [9.17, 15) is 0 Å². The molecule has 0 saturated carbocycles. The highest BCUT2D eigenvalue weighted by Crippen LogP contribution is 2.34. The lowest BCUT2D eigenvalue weighted by Gasteiger charge is -2.37. The van der Waals surface area contributed by atoms with E-state index in [0.29, 0.717) is 11.8 Å². The van der Waals surface area contributed by atoms with Gasteiger partial charge in [-0.25, -0.2) is 0 Å². The highest BCUT2D eigenvalue weighted by Gasteiger charge is 2.27. The molecule has 5 heteroatoms. The first-order valence-electron chi connectivity index (χ1n) is 7.99. The normalized spacial score (nSPS) is 21.9. The Morgan fingerprint density at radius 3 is 2.96 bits per heavy atom. The summed E-state index contributed by atoms with van der Waals surface area (Å²) < 4.78 is 0. The van der Waals surface area contributed by atoms with Gasteiger partial charge in [-0.15, -0.1) is 0 Å². The van der Waals surface area contributed by atoms with Crippen molar-refractivity contribution in [2.24, 2.45) is 16.6 Å². The zero-order valence-corrected chi connectivity index (χ0v) is 13.7. The van der Waals surface area contributed by atoms with E-state index in [1.807, 2.05) is 23.4 Å². The average Bonchev–Trinajstić information content (AvgIpc) is 2.54. The molecule has 2 aromatic rings. The molecule has 3 N–H and O–H groups in total. The second-order valence-electron chi connectivity index (χ2n) is 6.36. The molecule has 3 rings (SSSR count). The fourth-order valence-electron chi connectivity index (χ4n) is 3.59. The lowest BCUT2D eigenvalue weighted by molar-refractivity contribution is 0.242. The lowest BCUT2D eigenvalue weighted by atomic mass is 9.83. The van der Waals surface area contributed by atoms with Crippen molar-refractivity contribution < 1.29 is 0 Å². The van der Waals surface area contributed by atoms with Gasteiger partial charge in [0.1, 0.15) is 0 Å². The van der Waals surface area contributed by atoms with Crippen molar-refractivity contribution in [2.75, 3.05) is 20.1 Å². The fourth-order valence-corrected chi connectivity index (χ4v) is 3.59. The number of pyridine rings is 1. The summed E-state index contributed by atoms with van der Waals surface area (Å²) in [6.07, 6.45) is 4.78. The summed E-state index contributed by atoms with van der Waals surface area (Å²) in [6, 6.07) is 8.38. The zero-order valence-electron chi connectivity index (χ0n) is 13.7. The predicted octanol–water partition coefficient (Wildman–Crippen LogP) is 2.60. The molecule has 0 bridgehead atoms. The van der Waals surface area contributed by atoms with Crippen LogP contribution in [0.2, 0.25) is 0 Å². The Morgan fingerprint density at radius 1 is 1.39 bits per heavy atom. The molecule has 2 atom stereocenters. The molecule has 2 heterocycles. The van der Waals surface area contributed by atoms with Gasteiger partial charge in [-0.3, -0.25) is 15.4 Å². The summed E-state index contributed by atoms with van der Waals surface area (Å²) in [5, 5.41) is 8.93. The maximum absolute atomic E-state index is 7.76. The van der Waals surface area contributed by atoms with Crippen molar-refractivity contribution in [1.29, 1.82) is 5.41 Å². The summed E-state index contributed by atoms with van der Waals surface area (Å²) >= 11 is 0. The summed E-state index contributed by atoms with van der Waals surface area (Å²) in [5.74, 6) is 1.04. The van der Waals surface area contributed by atoms with E-state index in [1.54, 1.807) is 7.05 Å². The summed E-state index contributed by atoms with van der Waals surface area (Å²) in [5.41, 5.74) is 9.05. The molecule has 0 amide bonds. The molecule has 1 aliphatic rings. The van der Waals surface area contributed by atoms with Gasteiger partial charge in [0, 0.05) is 49.4 Å². The third-order valence-electron chi connectivity index (χ3n) is 4.54. The van der Waals surface area contributed by atoms with Crippen molar-refractivity contribution >= 4 is 23.1 Å². The Morgan fingerprint density at radius 2 is 2.22 bits per heavy atom. The van der Waals surface area contributed by atoms with Crippen molar-refractivity contribution in [3.8, 4) is 0 Å². The number of guanidine groups is 1. The van der Waals surface area contributed by atoms with Gasteiger partial charge in [0.15, 0.2) is 5.96 Å². The predicted molar refractivity (Wildman–Crippen MR) is 95.3 cm³/mol. The Bertz CT molecular complexity index is 752. The minimum absolute atomic E-state index is 0.165. The number of likely N-dealkylation sites (tertiary alicyclic amines) is 1. The zero-order chi connectivity index (χ0) is 16.4. The van der Waals surface area contributed by atoms with E-state index >= 15 is 0 Å². The standard InChI is InChI=1S/C18H23N5/c1-12-8-14(11-23(10-12)18(19)20)15-6-5-13(9-21-2)17-16(15)4-3-7-22-17/h3-7,9,12,14H,8,10-11H2,1-2H3,(H3,19,20)/t12-,14+/m1/s1. The number of hydrogen-bond donors (Lipinski definition) is 2. The van der Waals surface area contributed by atoms with E-state index in [1.165, 1.54) is 10.9 Å². The molecule has 1 fully saturated rings. The maximum Gasteiger partial charge on any atom is 0.188 e. The van der Waals surface area contributed by atoms with Crippen LogP contribution in [0.3, 0.4) is 0 Å². The van der Waals surface area contributed by atoms with Gasteiger partial charge in [-0.1, -0.05) is 25.1 Å². The Hall–Kier alpha value is -2.43. The number of nitrogens with two attached hydrogens (primary N) is 1. The number of aliphatic imine (C=N–C) groups is 1. The van der Waals surface area contributed by atoms with Crippen LogP contribution in [0.4, 0.5) is 0 Å². The van der Waals surface area contributed by atoms with Crippen LogP contribution in [0.15, 0.2) is 35.5 Å². The van der Waals surface area contributed by atoms with Crippen LogP contribution < -0.4 is 5.73 Å². The minimum atomic E-state index is 0.165. The number of hydrogen-bond acceptors (Lipinski definition) is 3. The number of nitrogens with one attached hydrogen (secondary N) is 1. The smallest absolute Gasteiger partial charge is 0.188 e. The summed E-state index contributed by atoms with van der Waals surface area (Å²) in [7, 11) is 1.77. The molecule has 0 spiro atoms. The molecule has 1 aliphatic heterocycles. The van der Waals surface area contributed by atoms with Crippen LogP contribution in [-0.4, -0.2) is 42.2 Å². The van der Waals surface area contributed by atoms with Crippen molar-refractivity contribution in [3.63, 3.8) is 0 Å². The van der Waals surface area contributed by atoms with Gasteiger partial charge in [0.05, 0.1) is 5.52 Å². The molecule has 1 aromatic carbocycles. The lowest BCUT2D eigenvalue weighted by Crippen LogP contribution is -2.45. The second kappa shape index (κ2) is 6.36. The quantitative estimate of drug-likeness (QED) is 0.661. The SMILES string of the molecule is CN=Cc1ccc([C@H]2C[C@@H](C)CN(C(=N)N)C2)c2cccnc12. The number of benzene rings is 1. The third-order valence-corrected chi connectivity index (χ3v) is 4.54. The van der Waals surface area contributed by atoms with Crippen molar-refractivity contribution in [3.05, 3.63) is 41.6 Å². The Labute approximate surface area is 136 Å². The molecule has 120 valence electrons. The van der Waals surface area contributed by atoms with Crippen LogP contribution in [0.1, 0.15) is 30.4 Å². The molecule has 5 nitrogen and oxygen atoms in total. The van der Waals surface area contributed by atoms with Crippen LogP contribution in [0, 0.1) is 11.3 Å². The van der Waals surface area contributed by atoms with Gasteiger partial charge in [-0.05, 0) is 24.0 Å². The van der Waals surface area contributed by atoms with E-state index < -0.39 is 0 Å². The second-order valence-corrected chi connectivity index (χ2v) is 6.36. The first-order valence-corrected chi connectivity index (χ1v) is 7.99. The van der Waals surface area contributed by atoms with Crippen LogP contribution >= 0.6 is 0 Å². The summed E-state index contributed by atoms with van der Waals surface area (Å²) in [4.78, 5) is 10.7. The van der Waals surface area contributed by atoms with Gasteiger partial charge >= 0.3 is 0 Å².